The van der Waals surface area contributed by atoms with Gasteiger partial charge in [-0.25, -0.2) is 4.57 Å². The number of hydrogen-bond donors (Lipinski definition) is 1. The second-order valence-corrected chi connectivity index (χ2v) is 24.2. The minimum Gasteiger partial charge on any atom is -0.462 e. The third-order valence-electron chi connectivity index (χ3n) is 14.0. The van der Waals surface area contributed by atoms with Gasteiger partial charge in [0.05, 0.1) is 27.7 Å². The minimum atomic E-state index is -4.38. The Balaban J connectivity index is 3.93. The van der Waals surface area contributed by atoms with Gasteiger partial charge in [-0.3, -0.25) is 18.6 Å². The lowest BCUT2D eigenvalue weighted by Crippen LogP contribution is -2.37. The van der Waals surface area contributed by atoms with Crippen LogP contribution in [0.25, 0.3) is 0 Å². The highest BCUT2D eigenvalue weighted by Gasteiger charge is 2.27. The molecule has 0 fully saturated rings. The van der Waals surface area contributed by atoms with Gasteiger partial charge in [0, 0.05) is 12.8 Å². The van der Waals surface area contributed by atoms with Crippen LogP contribution in [0.15, 0.2) is 72.9 Å². The van der Waals surface area contributed by atoms with E-state index in [0.29, 0.717) is 23.9 Å². The zero-order valence-corrected chi connectivity index (χ0v) is 51.8. The lowest BCUT2D eigenvalue weighted by atomic mass is 10.0. The van der Waals surface area contributed by atoms with Crippen LogP contribution in [0.4, 0.5) is 0 Å². The maximum atomic E-state index is 12.8. The van der Waals surface area contributed by atoms with E-state index in [1.54, 1.807) is 0 Å². The van der Waals surface area contributed by atoms with Crippen molar-refractivity contribution >= 4 is 19.8 Å². The monoisotopic (exact) mass is 1100 g/mol. The first-order chi connectivity index (χ1) is 37.5. The van der Waals surface area contributed by atoms with Crippen molar-refractivity contribution in [3.05, 3.63) is 72.9 Å². The molecule has 0 heterocycles. The predicted molar refractivity (Wildman–Crippen MR) is 330 cm³/mol. The molecule has 1 N–H and O–H groups in total. The molecule has 0 radical (unpaired) electrons. The Labute approximate surface area is 476 Å². The summed E-state index contributed by atoms with van der Waals surface area (Å²) in [7, 11) is 1.49. The molecule has 0 aromatic heterocycles. The summed E-state index contributed by atoms with van der Waals surface area (Å²) in [4.78, 5) is 35.7. The van der Waals surface area contributed by atoms with E-state index in [4.69, 9.17) is 18.5 Å². The highest BCUT2D eigenvalue weighted by molar-refractivity contribution is 7.47. The van der Waals surface area contributed by atoms with Crippen LogP contribution >= 0.6 is 7.82 Å². The van der Waals surface area contributed by atoms with Gasteiger partial charge in [-0.2, -0.15) is 0 Å². The van der Waals surface area contributed by atoms with E-state index in [2.05, 4.69) is 86.8 Å². The number of nitrogens with zero attached hydrogens (tertiary/aromatic N) is 1. The molecule has 0 saturated carbocycles. The van der Waals surface area contributed by atoms with Gasteiger partial charge in [0.2, 0.25) is 0 Å². The molecule has 10 heteroatoms. The molecule has 0 rings (SSSR count). The van der Waals surface area contributed by atoms with Crippen LogP contribution in [0.2, 0.25) is 0 Å². The summed E-state index contributed by atoms with van der Waals surface area (Å²) in [6.07, 6.45) is 77.2. The number of carbonyl (C=O) groups excluding carboxylic acids is 2. The number of likely N-dealkylation sites (N-methyl/N-ethyl adjacent to an activating group) is 1. The van der Waals surface area contributed by atoms with Crippen LogP contribution < -0.4 is 0 Å². The average molecular weight is 1100 g/mol. The van der Waals surface area contributed by atoms with Crippen molar-refractivity contribution in [2.24, 2.45) is 0 Å². The van der Waals surface area contributed by atoms with Gasteiger partial charge >= 0.3 is 19.8 Å². The van der Waals surface area contributed by atoms with Crippen LogP contribution in [0, 0.1) is 0 Å². The highest BCUT2D eigenvalue weighted by Crippen LogP contribution is 2.43. The van der Waals surface area contributed by atoms with Gasteiger partial charge in [0.25, 0.3) is 0 Å². The molecular formula is C67H123NO8P+. The second-order valence-electron chi connectivity index (χ2n) is 22.8. The smallest absolute Gasteiger partial charge is 0.462 e. The zero-order valence-electron chi connectivity index (χ0n) is 50.9. The predicted octanol–water partition coefficient (Wildman–Crippen LogP) is 20.4. The van der Waals surface area contributed by atoms with Crippen LogP contribution in [0.3, 0.4) is 0 Å². The summed E-state index contributed by atoms with van der Waals surface area (Å²) in [5.41, 5.74) is 0. The quantitative estimate of drug-likeness (QED) is 0.0211. The molecular weight excluding hydrogens is 978 g/mol. The van der Waals surface area contributed by atoms with E-state index < -0.39 is 26.5 Å². The van der Waals surface area contributed by atoms with E-state index in [1.165, 1.54) is 186 Å². The van der Waals surface area contributed by atoms with Crippen LogP contribution in [-0.2, 0) is 32.7 Å². The largest absolute Gasteiger partial charge is 0.472 e. The highest BCUT2D eigenvalue weighted by atomic mass is 31.2. The van der Waals surface area contributed by atoms with Crippen molar-refractivity contribution in [3.8, 4) is 0 Å². The van der Waals surface area contributed by atoms with E-state index in [-0.39, 0.29) is 25.6 Å². The second kappa shape index (κ2) is 58.1. The number of hydrogen-bond acceptors (Lipinski definition) is 7. The van der Waals surface area contributed by atoms with E-state index in [1.807, 2.05) is 21.1 Å². The first kappa shape index (κ1) is 74.5. The number of phosphoric acid groups is 1. The topological polar surface area (TPSA) is 108 Å². The molecule has 77 heavy (non-hydrogen) atoms. The number of allylic oxidation sites excluding steroid dienone is 12. The molecule has 0 aliphatic carbocycles. The standard InChI is InChI=1S/C67H122NO8P/c1-6-8-10-12-14-16-18-20-22-23-24-25-26-27-28-29-30-31-32-33-34-35-36-37-38-39-40-41-42-43-44-45-46-48-50-52-54-56-58-60-67(70)76-65(64-75-77(71,72)74-62-61-68(3,4)5)63-73-66(69)59-57-55-53-51-49-47-21-19-17-15-13-11-9-7-2/h8,10,14,16,20,22,24-25,27-28,30-31,65H,6-7,9,11-13,15,17-19,21,23,26,29,32-64H2,1-5H3/p+1/b10-8-,16-14-,22-20-,25-24-,28-27-,31-30-. The van der Waals surface area contributed by atoms with Crippen molar-refractivity contribution < 1.29 is 42.1 Å². The molecule has 0 aromatic rings. The number of esters is 2. The fourth-order valence-electron chi connectivity index (χ4n) is 9.08. The number of unbranched alkanes of at least 4 members (excludes halogenated alkanes) is 33. The average Bonchev–Trinajstić information content (AvgIpc) is 3.39. The van der Waals surface area contributed by atoms with E-state index in [9.17, 15) is 19.0 Å². The third-order valence-corrected chi connectivity index (χ3v) is 15.0. The van der Waals surface area contributed by atoms with Crippen molar-refractivity contribution in [1.82, 2.24) is 0 Å². The number of carbonyl (C=O) groups is 2. The first-order valence-electron chi connectivity index (χ1n) is 32.2. The SMILES string of the molecule is CC/C=C\C/C=C\C/C=C\C/C=C\C/C=C\C/C=C\CCCCCCCCCCCCCCCCCCCCCCC(=O)OC(COC(=O)CCCCCCCCCCCCCCCC)COP(=O)(O)OCC[N+](C)(C)C. The number of rotatable bonds is 59. The maximum absolute atomic E-state index is 12.8. The van der Waals surface area contributed by atoms with E-state index in [0.717, 1.165) is 70.6 Å². The van der Waals surface area contributed by atoms with Gasteiger partial charge in [0.15, 0.2) is 6.10 Å². The lowest BCUT2D eigenvalue weighted by molar-refractivity contribution is -0.870. The molecule has 448 valence electrons. The fraction of sp³-hybridized carbons (Fsp3) is 0.791. The van der Waals surface area contributed by atoms with Gasteiger partial charge in [-0.15, -0.1) is 0 Å². The van der Waals surface area contributed by atoms with Gasteiger partial charge in [-0.1, -0.05) is 286 Å². The van der Waals surface area contributed by atoms with Crippen LogP contribution in [0.1, 0.15) is 290 Å². The minimum absolute atomic E-state index is 0.0332. The van der Waals surface area contributed by atoms with E-state index >= 15 is 0 Å². The molecule has 0 aliphatic rings. The van der Waals surface area contributed by atoms with Crippen LogP contribution in [-0.4, -0.2) is 74.9 Å². The van der Waals surface area contributed by atoms with Crippen molar-refractivity contribution in [1.29, 1.82) is 0 Å². The molecule has 0 aromatic carbocycles. The summed E-state index contributed by atoms with van der Waals surface area (Å²) in [5.74, 6) is -0.784. The zero-order chi connectivity index (χ0) is 56.3. The Bertz CT molecular complexity index is 1530. The maximum Gasteiger partial charge on any atom is 0.472 e. The number of phosphoric ester groups is 1. The number of quaternary nitrogens is 1. The summed E-state index contributed by atoms with van der Waals surface area (Å²) >= 11 is 0. The lowest BCUT2D eigenvalue weighted by Gasteiger charge is -2.24. The molecule has 0 aliphatic heterocycles. The fourth-order valence-corrected chi connectivity index (χ4v) is 9.82. The Hall–Kier alpha value is -2.55. The molecule has 2 atom stereocenters. The van der Waals surface area contributed by atoms with Gasteiger partial charge in [0.1, 0.15) is 19.8 Å². The number of ether oxygens (including phenoxy) is 2. The van der Waals surface area contributed by atoms with Crippen LogP contribution in [0.5, 0.6) is 0 Å². The molecule has 9 nitrogen and oxygen atoms in total. The first-order valence-corrected chi connectivity index (χ1v) is 33.7. The van der Waals surface area contributed by atoms with Crippen molar-refractivity contribution in [3.63, 3.8) is 0 Å². The molecule has 0 spiro atoms. The molecule has 2 unspecified atom stereocenters. The summed E-state index contributed by atoms with van der Waals surface area (Å²) in [6.45, 7) is 4.35. The molecule has 0 saturated heterocycles. The Morgan fingerprint density at radius 1 is 0.416 bits per heavy atom. The molecule has 0 amide bonds. The summed E-state index contributed by atoms with van der Waals surface area (Å²) < 4.78 is 34.6. The molecule has 0 bridgehead atoms. The van der Waals surface area contributed by atoms with Gasteiger partial charge < -0.3 is 18.9 Å². The van der Waals surface area contributed by atoms with Crippen molar-refractivity contribution in [2.45, 2.75) is 296 Å². The third kappa shape index (κ3) is 62.5. The van der Waals surface area contributed by atoms with Crippen molar-refractivity contribution in [2.75, 3.05) is 47.5 Å². The summed E-state index contributed by atoms with van der Waals surface area (Å²) in [5, 5.41) is 0. The summed E-state index contributed by atoms with van der Waals surface area (Å²) in [6, 6.07) is 0. The Morgan fingerprint density at radius 3 is 1.10 bits per heavy atom. The normalized spacial score (nSPS) is 13.7. The Morgan fingerprint density at radius 2 is 0.740 bits per heavy atom. The Kier molecular flexibility index (Phi) is 56.2. The van der Waals surface area contributed by atoms with Gasteiger partial charge in [-0.05, 0) is 64.2 Å².